The minimum Gasteiger partial charge on any atom is -0.494 e. The van der Waals surface area contributed by atoms with Gasteiger partial charge < -0.3 is 14.2 Å². The van der Waals surface area contributed by atoms with E-state index in [9.17, 15) is 0 Å². The minimum atomic E-state index is -0.558. The van der Waals surface area contributed by atoms with Gasteiger partial charge in [0.1, 0.15) is 5.75 Å². The van der Waals surface area contributed by atoms with E-state index in [4.69, 9.17) is 14.2 Å². The van der Waals surface area contributed by atoms with E-state index in [1.165, 1.54) is 11.1 Å². The quantitative estimate of drug-likeness (QED) is 0.811. The van der Waals surface area contributed by atoms with Gasteiger partial charge in [0.2, 0.25) is 0 Å². The minimum absolute atomic E-state index is 0.558. The van der Waals surface area contributed by atoms with Crippen molar-refractivity contribution in [3.8, 4) is 5.75 Å². The average molecular weight is 264 g/mol. The Morgan fingerprint density at radius 2 is 1.68 bits per heavy atom. The van der Waals surface area contributed by atoms with Crippen molar-refractivity contribution in [2.24, 2.45) is 0 Å². The Balaban J connectivity index is 2.35. The smallest absolute Gasteiger partial charge is 0.195 e. The molecular formula is C16H24O3. The third kappa shape index (κ3) is 2.77. The van der Waals surface area contributed by atoms with Gasteiger partial charge in [0.05, 0.1) is 19.8 Å². The molecule has 0 N–H and O–H groups in total. The second kappa shape index (κ2) is 5.93. The van der Waals surface area contributed by atoms with E-state index in [2.05, 4.69) is 39.8 Å². The normalized spacial score (nSPS) is 17.7. The van der Waals surface area contributed by atoms with Gasteiger partial charge in [-0.3, -0.25) is 0 Å². The first-order valence-electron chi connectivity index (χ1n) is 7.15. The molecule has 3 heteroatoms. The molecule has 0 saturated carbocycles. The molecule has 0 bridgehead atoms. The highest BCUT2D eigenvalue weighted by atomic mass is 16.7. The topological polar surface area (TPSA) is 27.7 Å². The van der Waals surface area contributed by atoms with Crippen LogP contribution in [0.25, 0.3) is 0 Å². The molecule has 0 radical (unpaired) electrons. The van der Waals surface area contributed by atoms with Crippen LogP contribution in [0.15, 0.2) is 12.1 Å². The molecule has 1 aromatic rings. The van der Waals surface area contributed by atoms with Crippen LogP contribution in [-0.2, 0) is 15.3 Å². The van der Waals surface area contributed by atoms with Crippen LogP contribution in [0.4, 0.5) is 0 Å². The Hall–Kier alpha value is -1.06. The Kier molecular flexibility index (Phi) is 4.48. The van der Waals surface area contributed by atoms with Crippen molar-refractivity contribution in [2.75, 3.05) is 19.8 Å². The zero-order chi connectivity index (χ0) is 13.9. The van der Waals surface area contributed by atoms with Crippen molar-refractivity contribution in [3.05, 3.63) is 28.8 Å². The molecular weight excluding hydrogens is 240 g/mol. The predicted octanol–water partition coefficient (Wildman–Crippen LogP) is 3.70. The molecule has 1 heterocycles. The van der Waals surface area contributed by atoms with Crippen LogP contribution in [0.3, 0.4) is 0 Å². The third-order valence-electron chi connectivity index (χ3n) is 3.58. The molecule has 3 nitrogen and oxygen atoms in total. The summed E-state index contributed by atoms with van der Waals surface area (Å²) in [4.78, 5) is 0. The van der Waals surface area contributed by atoms with Crippen LogP contribution in [-0.4, -0.2) is 19.8 Å². The summed E-state index contributed by atoms with van der Waals surface area (Å²) in [5, 5.41) is 0. The molecule has 1 fully saturated rings. The summed E-state index contributed by atoms with van der Waals surface area (Å²) in [5.41, 5.74) is 3.51. The Morgan fingerprint density at radius 1 is 1.11 bits per heavy atom. The number of rotatable bonds is 5. The molecule has 0 aromatic heterocycles. The number of benzene rings is 1. The first-order chi connectivity index (χ1) is 9.13. The maximum Gasteiger partial charge on any atom is 0.195 e. The van der Waals surface area contributed by atoms with Crippen molar-refractivity contribution in [1.29, 1.82) is 0 Å². The number of hydrogen-bond donors (Lipinski definition) is 0. The number of hydrogen-bond acceptors (Lipinski definition) is 3. The Labute approximate surface area is 115 Å². The molecule has 0 amide bonds. The fourth-order valence-electron chi connectivity index (χ4n) is 2.81. The molecule has 1 aliphatic heterocycles. The highest BCUT2D eigenvalue weighted by Crippen LogP contribution is 2.39. The highest BCUT2D eigenvalue weighted by Gasteiger charge is 2.39. The summed E-state index contributed by atoms with van der Waals surface area (Å²) in [6, 6.07) is 4.17. The lowest BCUT2D eigenvalue weighted by molar-refractivity contribution is -0.168. The highest BCUT2D eigenvalue weighted by molar-refractivity contribution is 5.43. The zero-order valence-corrected chi connectivity index (χ0v) is 12.4. The summed E-state index contributed by atoms with van der Waals surface area (Å²) < 4.78 is 17.5. The van der Waals surface area contributed by atoms with Gasteiger partial charge in [0, 0.05) is 12.0 Å². The SMILES string of the molecule is CCCOc1cc(C)c(C2(CC)OCCO2)c(C)c1. The van der Waals surface area contributed by atoms with Gasteiger partial charge in [-0.2, -0.15) is 0 Å². The van der Waals surface area contributed by atoms with E-state index in [0.29, 0.717) is 13.2 Å². The molecule has 1 aliphatic rings. The number of ether oxygens (including phenoxy) is 3. The van der Waals surface area contributed by atoms with Crippen molar-refractivity contribution in [2.45, 2.75) is 46.3 Å². The van der Waals surface area contributed by atoms with E-state index in [0.717, 1.165) is 30.8 Å². The maximum absolute atomic E-state index is 5.90. The van der Waals surface area contributed by atoms with Crippen molar-refractivity contribution in [1.82, 2.24) is 0 Å². The second-order valence-electron chi connectivity index (χ2n) is 5.08. The van der Waals surface area contributed by atoms with Crippen LogP contribution in [0.1, 0.15) is 43.4 Å². The van der Waals surface area contributed by atoms with Crippen LogP contribution in [0.2, 0.25) is 0 Å². The molecule has 19 heavy (non-hydrogen) atoms. The zero-order valence-electron chi connectivity index (χ0n) is 12.4. The summed E-state index contributed by atoms with van der Waals surface area (Å²) in [7, 11) is 0. The fraction of sp³-hybridized carbons (Fsp3) is 0.625. The van der Waals surface area contributed by atoms with Crippen LogP contribution in [0, 0.1) is 13.8 Å². The van der Waals surface area contributed by atoms with E-state index in [1.54, 1.807) is 0 Å². The second-order valence-corrected chi connectivity index (χ2v) is 5.08. The fourth-order valence-corrected chi connectivity index (χ4v) is 2.81. The first-order valence-corrected chi connectivity index (χ1v) is 7.15. The van der Waals surface area contributed by atoms with Crippen LogP contribution >= 0.6 is 0 Å². The molecule has 1 aromatic carbocycles. The monoisotopic (exact) mass is 264 g/mol. The van der Waals surface area contributed by atoms with Gasteiger partial charge in [0.25, 0.3) is 0 Å². The van der Waals surface area contributed by atoms with Crippen molar-refractivity contribution < 1.29 is 14.2 Å². The van der Waals surface area contributed by atoms with E-state index >= 15 is 0 Å². The Bertz CT molecular complexity index is 411. The van der Waals surface area contributed by atoms with Gasteiger partial charge in [-0.25, -0.2) is 0 Å². The number of aryl methyl sites for hydroxylation is 2. The molecule has 0 atom stereocenters. The summed E-state index contributed by atoms with van der Waals surface area (Å²) >= 11 is 0. The van der Waals surface area contributed by atoms with Crippen molar-refractivity contribution >= 4 is 0 Å². The summed E-state index contributed by atoms with van der Waals surface area (Å²) in [5.74, 6) is 0.377. The summed E-state index contributed by atoms with van der Waals surface area (Å²) in [6.07, 6.45) is 1.84. The van der Waals surface area contributed by atoms with Gasteiger partial charge in [0.15, 0.2) is 5.79 Å². The molecule has 106 valence electrons. The van der Waals surface area contributed by atoms with Crippen LogP contribution in [0.5, 0.6) is 5.75 Å². The standard InChI is InChI=1S/C16H24O3/c1-5-7-17-14-10-12(3)15(13(4)11-14)16(6-2)18-8-9-19-16/h10-11H,5-9H2,1-4H3. The maximum atomic E-state index is 5.90. The van der Waals surface area contributed by atoms with E-state index in [-0.39, 0.29) is 0 Å². The molecule has 2 rings (SSSR count). The first kappa shape index (κ1) is 14.4. The van der Waals surface area contributed by atoms with Gasteiger partial charge >= 0.3 is 0 Å². The van der Waals surface area contributed by atoms with E-state index < -0.39 is 5.79 Å². The van der Waals surface area contributed by atoms with Gasteiger partial charge in [-0.05, 0) is 43.5 Å². The molecule has 0 unspecified atom stereocenters. The van der Waals surface area contributed by atoms with Gasteiger partial charge in [-0.1, -0.05) is 13.8 Å². The molecule has 0 spiro atoms. The lowest BCUT2D eigenvalue weighted by atomic mass is 9.93. The van der Waals surface area contributed by atoms with Gasteiger partial charge in [-0.15, -0.1) is 0 Å². The lowest BCUT2D eigenvalue weighted by Crippen LogP contribution is -2.28. The largest absolute Gasteiger partial charge is 0.494 e. The molecule has 1 saturated heterocycles. The van der Waals surface area contributed by atoms with Crippen LogP contribution < -0.4 is 4.74 Å². The average Bonchev–Trinajstić information content (AvgIpc) is 2.85. The predicted molar refractivity (Wildman–Crippen MR) is 75.6 cm³/mol. The third-order valence-corrected chi connectivity index (χ3v) is 3.58. The lowest BCUT2D eigenvalue weighted by Gasteiger charge is -2.30. The summed E-state index contributed by atoms with van der Waals surface area (Å²) in [6.45, 7) is 10.5. The van der Waals surface area contributed by atoms with E-state index in [1.807, 2.05) is 0 Å². The molecule has 0 aliphatic carbocycles. The van der Waals surface area contributed by atoms with Crippen molar-refractivity contribution in [3.63, 3.8) is 0 Å². The Morgan fingerprint density at radius 3 is 2.16 bits per heavy atom.